The van der Waals surface area contributed by atoms with E-state index in [9.17, 15) is 27.5 Å². The monoisotopic (exact) mass is 354 g/mol. The van der Waals surface area contributed by atoms with Crippen molar-refractivity contribution in [2.45, 2.75) is 12.5 Å². The summed E-state index contributed by atoms with van der Waals surface area (Å²) in [5.41, 5.74) is 1.20. The zero-order chi connectivity index (χ0) is 17.5. The Morgan fingerprint density at radius 2 is 2.12 bits per heavy atom. The highest BCUT2D eigenvalue weighted by atomic mass is 32.2. The molecule has 3 rings (SSSR count). The summed E-state index contributed by atoms with van der Waals surface area (Å²) in [5, 5.41) is 9.75. The Kier molecular flexibility index (Phi) is 4.04. The molecule has 0 spiro atoms. The second-order valence-corrected chi connectivity index (χ2v) is 7.96. The number of carboxylic acid groups (broad SMARTS) is 1. The van der Waals surface area contributed by atoms with Gasteiger partial charge in [-0.1, -0.05) is 0 Å². The first-order valence-electron chi connectivity index (χ1n) is 7.25. The van der Waals surface area contributed by atoms with Gasteiger partial charge in [-0.3, -0.25) is 4.79 Å². The van der Waals surface area contributed by atoms with E-state index in [4.69, 9.17) is 0 Å². The molecule has 1 saturated heterocycles. The molecule has 0 radical (unpaired) electrons. The summed E-state index contributed by atoms with van der Waals surface area (Å²) in [6.45, 7) is -0.158. The van der Waals surface area contributed by atoms with Crippen LogP contribution in [0.3, 0.4) is 0 Å². The van der Waals surface area contributed by atoms with Gasteiger partial charge < -0.3 is 15.0 Å². The fraction of sp³-hybridized carbons (Fsp3) is 0.333. The standard InChI is InChI=1S/C15H15FN2O5S/c16-10-1-2-12-11(6-10)9(7-17-12)5-14(19)18-3-4-24(22,23)8-13(18)15(20)21/h1-2,6-7,13,17H,3-5,8H2,(H,20,21). The van der Waals surface area contributed by atoms with Crippen LogP contribution in [0.25, 0.3) is 10.9 Å². The Morgan fingerprint density at radius 3 is 2.83 bits per heavy atom. The molecule has 1 aromatic carbocycles. The highest BCUT2D eigenvalue weighted by Crippen LogP contribution is 2.21. The number of H-pyrrole nitrogens is 1. The van der Waals surface area contributed by atoms with Gasteiger partial charge in [-0.2, -0.15) is 0 Å². The number of carbonyl (C=O) groups is 2. The van der Waals surface area contributed by atoms with Gasteiger partial charge in [0.25, 0.3) is 0 Å². The number of carboxylic acids is 1. The number of fused-ring (bicyclic) bond motifs is 1. The number of nitrogens with one attached hydrogen (secondary N) is 1. The van der Waals surface area contributed by atoms with Crippen LogP contribution in [0.15, 0.2) is 24.4 Å². The lowest BCUT2D eigenvalue weighted by Gasteiger charge is -2.32. The topological polar surface area (TPSA) is 108 Å². The maximum Gasteiger partial charge on any atom is 0.327 e. The van der Waals surface area contributed by atoms with E-state index >= 15 is 0 Å². The van der Waals surface area contributed by atoms with Gasteiger partial charge in [-0.15, -0.1) is 0 Å². The van der Waals surface area contributed by atoms with Crippen LogP contribution in [0, 0.1) is 5.82 Å². The average molecular weight is 354 g/mol. The highest BCUT2D eigenvalue weighted by Gasteiger charge is 2.38. The molecule has 0 aliphatic carbocycles. The van der Waals surface area contributed by atoms with E-state index in [0.717, 1.165) is 4.90 Å². The molecule has 7 nitrogen and oxygen atoms in total. The largest absolute Gasteiger partial charge is 0.480 e. The first-order valence-corrected chi connectivity index (χ1v) is 9.07. The van der Waals surface area contributed by atoms with E-state index in [-0.39, 0.29) is 18.7 Å². The molecule has 1 unspecified atom stereocenters. The summed E-state index contributed by atoms with van der Waals surface area (Å²) < 4.78 is 36.6. The molecule has 1 atom stereocenters. The molecule has 1 fully saturated rings. The minimum absolute atomic E-state index is 0.132. The van der Waals surface area contributed by atoms with Crippen molar-refractivity contribution in [3.8, 4) is 0 Å². The number of halogens is 1. The zero-order valence-electron chi connectivity index (χ0n) is 12.5. The molecule has 1 aliphatic rings. The van der Waals surface area contributed by atoms with Crippen LogP contribution in [0.2, 0.25) is 0 Å². The summed E-state index contributed by atoms with van der Waals surface area (Å²) in [6.07, 6.45) is 1.44. The predicted octanol–water partition coefficient (Wildman–Crippen LogP) is 0.560. The summed E-state index contributed by atoms with van der Waals surface area (Å²) in [4.78, 5) is 27.8. The molecular weight excluding hydrogens is 339 g/mol. The Labute approximate surface area is 137 Å². The number of rotatable bonds is 3. The van der Waals surface area contributed by atoms with Crippen LogP contribution in [0.5, 0.6) is 0 Å². The van der Waals surface area contributed by atoms with E-state index in [0.29, 0.717) is 16.5 Å². The maximum absolute atomic E-state index is 13.4. The lowest BCUT2D eigenvalue weighted by atomic mass is 10.1. The van der Waals surface area contributed by atoms with Crippen LogP contribution in [-0.4, -0.2) is 59.4 Å². The van der Waals surface area contributed by atoms with Gasteiger partial charge in [0, 0.05) is 23.6 Å². The zero-order valence-corrected chi connectivity index (χ0v) is 13.3. The van der Waals surface area contributed by atoms with E-state index in [1.54, 1.807) is 12.3 Å². The number of sulfone groups is 1. The van der Waals surface area contributed by atoms with Gasteiger partial charge >= 0.3 is 5.97 Å². The van der Waals surface area contributed by atoms with Crippen molar-refractivity contribution < 1.29 is 27.5 Å². The number of hydrogen-bond donors (Lipinski definition) is 2. The second kappa shape index (κ2) is 5.90. The Bertz CT molecular complexity index is 921. The van der Waals surface area contributed by atoms with Crippen molar-refractivity contribution in [2.24, 2.45) is 0 Å². The second-order valence-electron chi connectivity index (χ2n) is 5.74. The van der Waals surface area contributed by atoms with Gasteiger partial charge in [0.1, 0.15) is 11.9 Å². The normalized spacial score (nSPS) is 20.2. The van der Waals surface area contributed by atoms with E-state index in [1.165, 1.54) is 12.1 Å². The molecule has 128 valence electrons. The molecule has 2 aromatic rings. The number of hydrogen-bond acceptors (Lipinski definition) is 4. The van der Waals surface area contributed by atoms with Crippen molar-refractivity contribution in [3.63, 3.8) is 0 Å². The predicted molar refractivity (Wildman–Crippen MR) is 83.8 cm³/mol. The van der Waals surface area contributed by atoms with Gasteiger partial charge in [0.15, 0.2) is 9.84 Å². The molecule has 2 N–H and O–H groups in total. The van der Waals surface area contributed by atoms with Crippen LogP contribution in [0.1, 0.15) is 5.56 Å². The molecular formula is C15H15FN2O5S. The molecule has 1 amide bonds. The van der Waals surface area contributed by atoms with Crippen LogP contribution in [-0.2, 0) is 25.8 Å². The number of aromatic nitrogens is 1. The smallest absolute Gasteiger partial charge is 0.327 e. The van der Waals surface area contributed by atoms with Gasteiger partial charge in [-0.05, 0) is 23.8 Å². The fourth-order valence-electron chi connectivity index (χ4n) is 2.87. The highest BCUT2D eigenvalue weighted by molar-refractivity contribution is 7.91. The molecule has 0 bridgehead atoms. The summed E-state index contributed by atoms with van der Waals surface area (Å²) >= 11 is 0. The minimum atomic E-state index is -3.48. The van der Waals surface area contributed by atoms with E-state index < -0.39 is 39.3 Å². The molecule has 24 heavy (non-hydrogen) atoms. The fourth-order valence-corrected chi connectivity index (χ4v) is 4.32. The molecule has 1 aliphatic heterocycles. The lowest BCUT2D eigenvalue weighted by Crippen LogP contribution is -2.55. The van der Waals surface area contributed by atoms with Crippen LogP contribution >= 0.6 is 0 Å². The SMILES string of the molecule is O=C(O)C1CS(=O)(=O)CCN1C(=O)Cc1c[nH]c2ccc(F)cc12. The van der Waals surface area contributed by atoms with Crippen molar-refractivity contribution in [2.75, 3.05) is 18.1 Å². The van der Waals surface area contributed by atoms with Gasteiger partial charge in [-0.25, -0.2) is 17.6 Å². The molecule has 9 heteroatoms. The quantitative estimate of drug-likeness (QED) is 0.837. The number of carbonyl (C=O) groups excluding carboxylic acids is 1. The number of aromatic amines is 1. The number of benzene rings is 1. The minimum Gasteiger partial charge on any atom is -0.480 e. The van der Waals surface area contributed by atoms with Crippen LogP contribution < -0.4 is 0 Å². The van der Waals surface area contributed by atoms with E-state index in [1.807, 2.05) is 0 Å². The summed E-state index contributed by atoms with van der Waals surface area (Å²) in [6, 6.07) is 2.74. The summed E-state index contributed by atoms with van der Waals surface area (Å²) in [5.74, 6) is -3.14. The first kappa shape index (κ1) is 16.4. The number of aliphatic carboxylic acids is 1. The molecule has 0 saturated carbocycles. The third-order valence-electron chi connectivity index (χ3n) is 4.11. The lowest BCUT2D eigenvalue weighted by molar-refractivity contribution is -0.149. The summed E-state index contributed by atoms with van der Waals surface area (Å²) in [7, 11) is -3.48. The number of amides is 1. The van der Waals surface area contributed by atoms with Crippen molar-refractivity contribution in [1.29, 1.82) is 0 Å². The first-order chi connectivity index (χ1) is 11.3. The number of nitrogens with zero attached hydrogens (tertiary/aromatic N) is 1. The average Bonchev–Trinajstić information content (AvgIpc) is 2.88. The van der Waals surface area contributed by atoms with Crippen molar-refractivity contribution in [1.82, 2.24) is 9.88 Å². The van der Waals surface area contributed by atoms with Gasteiger partial charge in [0.05, 0.1) is 17.9 Å². The molecule has 2 heterocycles. The Balaban J connectivity index is 1.85. The molecule has 1 aromatic heterocycles. The third kappa shape index (κ3) is 3.12. The van der Waals surface area contributed by atoms with Crippen molar-refractivity contribution >= 4 is 32.6 Å². The maximum atomic E-state index is 13.4. The third-order valence-corrected chi connectivity index (χ3v) is 5.74. The Morgan fingerprint density at radius 1 is 1.38 bits per heavy atom. The van der Waals surface area contributed by atoms with Gasteiger partial charge in [0.2, 0.25) is 5.91 Å². The van der Waals surface area contributed by atoms with Crippen LogP contribution in [0.4, 0.5) is 4.39 Å². The van der Waals surface area contributed by atoms with Crippen molar-refractivity contribution in [3.05, 3.63) is 35.8 Å². The van der Waals surface area contributed by atoms with E-state index in [2.05, 4.69) is 4.98 Å². The Hall–Kier alpha value is -2.42.